The maximum atomic E-state index is 11.9. The Hall–Kier alpha value is -0.910. The molecular formula is C11H18N2O2S. The number of benzene rings is 1. The van der Waals surface area contributed by atoms with E-state index in [1.54, 1.807) is 14.0 Å². The molecule has 2 N–H and O–H groups in total. The van der Waals surface area contributed by atoms with Gasteiger partial charge in [0.05, 0.1) is 5.25 Å². The lowest BCUT2D eigenvalue weighted by Crippen LogP contribution is -2.38. The van der Waals surface area contributed by atoms with Crippen LogP contribution in [0.2, 0.25) is 0 Å². The molecule has 0 bridgehead atoms. The highest BCUT2D eigenvalue weighted by atomic mass is 32.2. The summed E-state index contributed by atoms with van der Waals surface area (Å²) < 4.78 is 25.2. The average Bonchev–Trinajstić information content (AvgIpc) is 2.29. The fraction of sp³-hybridized carbons (Fsp3) is 0.455. The molecule has 5 heteroatoms. The molecule has 90 valence electrons. The number of nitrogens with zero attached hydrogens (tertiary/aromatic N) is 1. The van der Waals surface area contributed by atoms with Crippen molar-refractivity contribution in [2.45, 2.75) is 18.7 Å². The molecule has 0 aliphatic heterocycles. The molecule has 1 unspecified atom stereocenters. The Kier molecular flexibility index (Phi) is 4.46. The molecule has 0 aromatic heterocycles. The predicted octanol–water partition coefficient (Wildman–Crippen LogP) is 0.795. The third-order valence-corrected chi connectivity index (χ3v) is 4.73. The summed E-state index contributed by atoms with van der Waals surface area (Å²) in [5.74, 6) is 0. The van der Waals surface area contributed by atoms with E-state index in [0.717, 1.165) is 5.56 Å². The molecule has 0 saturated heterocycles. The van der Waals surface area contributed by atoms with Crippen molar-refractivity contribution in [1.29, 1.82) is 0 Å². The summed E-state index contributed by atoms with van der Waals surface area (Å²) in [6, 6.07) is 9.49. The van der Waals surface area contributed by atoms with Crippen LogP contribution in [0.5, 0.6) is 0 Å². The quantitative estimate of drug-likeness (QED) is 0.830. The molecule has 1 rings (SSSR count). The zero-order valence-electron chi connectivity index (χ0n) is 9.63. The van der Waals surface area contributed by atoms with E-state index in [4.69, 9.17) is 5.73 Å². The van der Waals surface area contributed by atoms with Crippen LogP contribution in [0.4, 0.5) is 0 Å². The van der Waals surface area contributed by atoms with Crippen LogP contribution in [-0.2, 0) is 16.6 Å². The third kappa shape index (κ3) is 3.04. The van der Waals surface area contributed by atoms with Gasteiger partial charge in [-0.1, -0.05) is 30.3 Å². The van der Waals surface area contributed by atoms with E-state index in [2.05, 4.69) is 0 Å². The van der Waals surface area contributed by atoms with Crippen LogP contribution >= 0.6 is 0 Å². The van der Waals surface area contributed by atoms with E-state index in [9.17, 15) is 8.42 Å². The van der Waals surface area contributed by atoms with Gasteiger partial charge in [-0.05, 0) is 12.5 Å². The molecule has 0 aliphatic carbocycles. The first-order valence-corrected chi connectivity index (χ1v) is 6.68. The molecule has 4 nitrogen and oxygen atoms in total. The highest BCUT2D eigenvalue weighted by Crippen LogP contribution is 2.10. The van der Waals surface area contributed by atoms with E-state index in [1.165, 1.54) is 4.31 Å². The standard InChI is InChI=1S/C11H18N2O2S/c1-10(8-12)16(14,15)13(2)9-11-6-4-3-5-7-11/h3-7,10H,8-9,12H2,1-2H3. The fourth-order valence-electron chi connectivity index (χ4n) is 1.36. The lowest BCUT2D eigenvalue weighted by molar-refractivity contribution is 0.457. The lowest BCUT2D eigenvalue weighted by atomic mass is 10.2. The molecule has 1 atom stereocenters. The zero-order chi connectivity index (χ0) is 12.2. The molecule has 0 spiro atoms. The van der Waals surface area contributed by atoms with Crippen LogP contribution in [0.15, 0.2) is 30.3 Å². The largest absolute Gasteiger partial charge is 0.329 e. The SMILES string of the molecule is CC(CN)S(=O)(=O)N(C)Cc1ccccc1. The summed E-state index contributed by atoms with van der Waals surface area (Å²) in [6.07, 6.45) is 0. The van der Waals surface area contributed by atoms with Crippen LogP contribution in [0.1, 0.15) is 12.5 Å². The van der Waals surface area contributed by atoms with Gasteiger partial charge >= 0.3 is 0 Å². The Morgan fingerprint density at radius 3 is 2.38 bits per heavy atom. The second kappa shape index (κ2) is 5.43. The van der Waals surface area contributed by atoms with E-state index >= 15 is 0 Å². The summed E-state index contributed by atoms with van der Waals surface area (Å²) >= 11 is 0. The summed E-state index contributed by atoms with van der Waals surface area (Å²) in [6.45, 7) is 2.14. The highest BCUT2D eigenvalue weighted by molar-refractivity contribution is 7.89. The van der Waals surface area contributed by atoms with Crippen LogP contribution in [-0.4, -0.2) is 31.6 Å². The van der Waals surface area contributed by atoms with Gasteiger partial charge in [-0.25, -0.2) is 12.7 Å². The lowest BCUT2D eigenvalue weighted by Gasteiger charge is -2.21. The third-order valence-electron chi connectivity index (χ3n) is 2.52. The van der Waals surface area contributed by atoms with Gasteiger partial charge in [-0.3, -0.25) is 0 Å². The Balaban J connectivity index is 2.77. The van der Waals surface area contributed by atoms with Crippen LogP contribution < -0.4 is 5.73 Å². The Bertz CT molecular complexity index is 417. The molecule has 0 amide bonds. The maximum Gasteiger partial charge on any atom is 0.218 e. The van der Waals surface area contributed by atoms with E-state index in [1.807, 2.05) is 30.3 Å². The van der Waals surface area contributed by atoms with Gasteiger partial charge in [0.15, 0.2) is 0 Å². The van der Waals surface area contributed by atoms with Gasteiger partial charge in [0.2, 0.25) is 10.0 Å². The first-order chi connectivity index (χ1) is 7.48. The number of sulfonamides is 1. The Morgan fingerprint density at radius 2 is 1.88 bits per heavy atom. The topological polar surface area (TPSA) is 63.4 Å². The number of hydrogen-bond donors (Lipinski definition) is 1. The van der Waals surface area contributed by atoms with Crippen molar-refractivity contribution < 1.29 is 8.42 Å². The minimum Gasteiger partial charge on any atom is -0.329 e. The summed E-state index contributed by atoms with van der Waals surface area (Å²) in [4.78, 5) is 0. The molecule has 0 radical (unpaired) electrons. The summed E-state index contributed by atoms with van der Waals surface area (Å²) in [5, 5.41) is -0.541. The normalized spacial score (nSPS) is 14.0. The second-order valence-corrected chi connectivity index (χ2v) is 6.29. The van der Waals surface area contributed by atoms with Crippen LogP contribution in [0.25, 0.3) is 0 Å². The minimum absolute atomic E-state index is 0.140. The predicted molar refractivity (Wildman–Crippen MR) is 65.3 cm³/mol. The number of nitrogens with two attached hydrogens (primary N) is 1. The first kappa shape index (κ1) is 13.2. The molecule has 0 heterocycles. The molecule has 1 aromatic rings. The van der Waals surface area contributed by atoms with Gasteiger partial charge in [-0.15, -0.1) is 0 Å². The van der Waals surface area contributed by atoms with Crippen molar-refractivity contribution in [2.24, 2.45) is 5.73 Å². The van der Waals surface area contributed by atoms with Gasteiger partial charge < -0.3 is 5.73 Å². The van der Waals surface area contributed by atoms with Crippen molar-refractivity contribution in [3.05, 3.63) is 35.9 Å². The van der Waals surface area contributed by atoms with Crippen LogP contribution in [0, 0.1) is 0 Å². The smallest absolute Gasteiger partial charge is 0.218 e. The Labute approximate surface area is 97.1 Å². The van der Waals surface area contributed by atoms with Crippen molar-refractivity contribution in [3.63, 3.8) is 0 Å². The van der Waals surface area contributed by atoms with Crippen LogP contribution in [0.3, 0.4) is 0 Å². The van der Waals surface area contributed by atoms with Gasteiger partial charge in [0.25, 0.3) is 0 Å². The van der Waals surface area contributed by atoms with E-state index < -0.39 is 15.3 Å². The molecular weight excluding hydrogens is 224 g/mol. The van der Waals surface area contributed by atoms with Gasteiger partial charge in [0.1, 0.15) is 0 Å². The van der Waals surface area contributed by atoms with Gasteiger partial charge in [-0.2, -0.15) is 0 Å². The monoisotopic (exact) mass is 242 g/mol. The molecule has 0 saturated carbocycles. The zero-order valence-corrected chi connectivity index (χ0v) is 10.4. The molecule has 1 aromatic carbocycles. The van der Waals surface area contributed by atoms with Crippen molar-refractivity contribution >= 4 is 10.0 Å². The number of hydrogen-bond acceptors (Lipinski definition) is 3. The van der Waals surface area contributed by atoms with E-state index in [-0.39, 0.29) is 6.54 Å². The molecule has 0 aliphatic rings. The number of rotatable bonds is 5. The maximum absolute atomic E-state index is 11.9. The average molecular weight is 242 g/mol. The molecule has 16 heavy (non-hydrogen) atoms. The molecule has 0 fully saturated rings. The first-order valence-electron chi connectivity index (χ1n) is 5.17. The second-order valence-electron chi connectivity index (χ2n) is 3.83. The van der Waals surface area contributed by atoms with Crippen molar-refractivity contribution in [2.75, 3.05) is 13.6 Å². The minimum atomic E-state index is -3.28. The van der Waals surface area contributed by atoms with Crippen molar-refractivity contribution in [3.8, 4) is 0 Å². The summed E-state index contributed by atoms with van der Waals surface area (Å²) in [7, 11) is -1.70. The fourth-order valence-corrected chi connectivity index (χ4v) is 2.55. The Morgan fingerprint density at radius 1 is 1.31 bits per heavy atom. The van der Waals surface area contributed by atoms with E-state index in [0.29, 0.717) is 6.54 Å². The highest BCUT2D eigenvalue weighted by Gasteiger charge is 2.24. The summed E-state index contributed by atoms with van der Waals surface area (Å²) in [5.41, 5.74) is 6.35. The van der Waals surface area contributed by atoms with Gasteiger partial charge in [0, 0.05) is 20.1 Å². The van der Waals surface area contributed by atoms with Crippen molar-refractivity contribution in [1.82, 2.24) is 4.31 Å².